The lowest BCUT2D eigenvalue weighted by Gasteiger charge is -2.25. The van der Waals surface area contributed by atoms with Crippen LogP contribution >= 0.6 is 15.9 Å². The van der Waals surface area contributed by atoms with E-state index >= 15 is 0 Å². The van der Waals surface area contributed by atoms with Gasteiger partial charge in [0, 0.05) is 6.54 Å². The van der Waals surface area contributed by atoms with Crippen molar-refractivity contribution in [1.29, 1.82) is 5.26 Å². The second-order valence-electron chi connectivity index (χ2n) is 7.53. The minimum absolute atomic E-state index is 0.0490. The number of hydrogen-bond acceptors (Lipinski definition) is 5. The molecule has 0 aliphatic heterocycles. The molecule has 0 atom stereocenters. The maximum atomic E-state index is 14.5. The summed E-state index contributed by atoms with van der Waals surface area (Å²) >= 11 is 2.45. The van der Waals surface area contributed by atoms with E-state index in [1.165, 1.54) is 45.0 Å². The van der Waals surface area contributed by atoms with Crippen LogP contribution in [-0.4, -0.2) is 30.8 Å². The summed E-state index contributed by atoms with van der Waals surface area (Å²) in [6, 6.07) is 7.60. The fraction of sp³-hybridized carbons (Fsp3) is 0.300. The van der Waals surface area contributed by atoms with Crippen LogP contribution in [0.2, 0.25) is 0 Å². The van der Waals surface area contributed by atoms with Crippen LogP contribution in [0.3, 0.4) is 0 Å². The number of halogens is 5. The topological polar surface area (TPSA) is 87.5 Å². The molecule has 0 bridgehead atoms. The van der Waals surface area contributed by atoms with Crippen LogP contribution < -0.4 is 0 Å². The zero-order chi connectivity index (χ0) is 24.4. The minimum Gasteiger partial charge on any atom is -0.459 e. The summed E-state index contributed by atoms with van der Waals surface area (Å²) in [5, 5.41) is 9.26. The van der Waals surface area contributed by atoms with Gasteiger partial charge in [-0.05, 0) is 48.3 Å². The SMILES string of the molecule is CC(C)(C)OC(=O)CN(Cc1ccccc1C#N)S(=O)(=O)c1c(F)c(F)c(F)c(F)c1Br. The number of hydrogen-bond donors (Lipinski definition) is 0. The van der Waals surface area contributed by atoms with Crippen LogP contribution in [0.15, 0.2) is 33.6 Å². The monoisotopic (exact) mass is 536 g/mol. The van der Waals surface area contributed by atoms with Crippen molar-refractivity contribution in [3.63, 3.8) is 0 Å². The number of ether oxygens (including phenoxy) is 1. The molecular formula is C20H17BrF4N2O4S. The molecule has 172 valence electrons. The van der Waals surface area contributed by atoms with Crippen LogP contribution in [0.25, 0.3) is 0 Å². The summed E-state index contributed by atoms with van der Waals surface area (Å²) in [7, 11) is -5.14. The molecule has 32 heavy (non-hydrogen) atoms. The number of benzene rings is 2. The first-order valence-electron chi connectivity index (χ1n) is 8.92. The summed E-state index contributed by atoms with van der Waals surface area (Å²) in [6.45, 7) is 2.95. The molecule has 0 spiro atoms. The van der Waals surface area contributed by atoms with Crippen LogP contribution in [0, 0.1) is 34.6 Å². The molecule has 0 radical (unpaired) electrons. The Morgan fingerprint density at radius 2 is 1.66 bits per heavy atom. The van der Waals surface area contributed by atoms with Gasteiger partial charge in [-0.15, -0.1) is 0 Å². The maximum absolute atomic E-state index is 14.5. The van der Waals surface area contributed by atoms with E-state index in [2.05, 4.69) is 15.9 Å². The average Bonchev–Trinajstić information content (AvgIpc) is 2.69. The van der Waals surface area contributed by atoms with E-state index in [-0.39, 0.29) is 11.1 Å². The molecule has 0 unspecified atom stereocenters. The summed E-state index contributed by atoms with van der Waals surface area (Å²) in [6.07, 6.45) is 0. The Labute approximate surface area is 190 Å². The fourth-order valence-corrected chi connectivity index (χ4v) is 5.08. The molecule has 0 aliphatic rings. The Kier molecular flexibility index (Phi) is 7.70. The van der Waals surface area contributed by atoms with Crippen molar-refractivity contribution >= 4 is 31.9 Å². The van der Waals surface area contributed by atoms with Gasteiger partial charge in [0.1, 0.15) is 17.0 Å². The highest BCUT2D eigenvalue weighted by Crippen LogP contribution is 2.34. The molecule has 2 aromatic rings. The summed E-state index contributed by atoms with van der Waals surface area (Å²) in [5.41, 5.74) is -0.827. The standard InChI is InChI=1S/C20H17BrF4N2O4S/c1-20(2,3)31-13(28)10-27(9-12-7-5-4-6-11(12)8-26)32(29,30)19-14(21)15(22)16(23)17(24)18(19)25/h4-7H,9-10H2,1-3H3. The van der Waals surface area contributed by atoms with E-state index in [4.69, 9.17) is 4.74 Å². The van der Waals surface area contributed by atoms with E-state index in [1.807, 2.05) is 6.07 Å². The van der Waals surface area contributed by atoms with Crippen LogP contribution in [0.4, 0.5) is 17.6 Å². The smallest absolute Gasteiger partial charge is 0.321 e. The Balaban J connectivity index is 2.66. The van der Waals surface area contributed by atoms with Crippen molar-refractivity contribution in [2.24, 2.45) is 0 Å². The van der Waals surface area contributed by atoms with Gasteiger partial charge in [-0.2, -0.15) is 9.57 Å². The number of nitrogens with zero attached hydrogens (tertiary/aromatic N) is 2. The van der Waals surface area contributed by atoms with Crippen LogP contribution in [0.1, 0.15) is 31.9 Å². The summed E-state index contributed by atoms with van der Waals surface area (Å²) in [5.74, 6) is -9.72. The van der Waals surface area contributed by atoms with Gasteiger partial charge in [0.15, 0.2) is 23.3 Å². The fourth-order valence-electron chi connectivity index (χ4n) is 2.64. The number of carbonyl (C=O) groups excluding carboxylic acids is 1. The lowest BCUT2D eigenvalue weighted by Crippen LogP contribution is -2.39. The normalized spacial score (nSPS) is 12.0. The first-order valence-corrected chi connectivity index (χ1v) is 11.2. The molecule has 2 rings (SSSR count). The van der Waals surface area contributed by atoms with Gasteiger partial charge in [0.2, 0.25) is 10.0 Å². The van der Waals surface area contributed by atoms with Crippen LogP contribution in [0.5, 0.6) is 0 Å². The largest absolute Gasteiger partial charge is 0.459 e. The first kappa shape index (κ1) is 25.8. The highest BCUT2D eigenvalue weighted by atomic mass is 79.9. The van der Waals surface area contributed by atoms with Crippen molar-refractivity contribution < 1.29 is 35.5 Å². The second kappa shape index (κ2) is 9.56. The molecule has 2 aromatic carbocycles. The number of esters is 1. The summed E-state index contributed by atoms with van der Waals surface area (Å²) in [4.78, 5) is 10.8. The van der Waals surface area contributed by atoms with Gasteiger partial charge in [0.25, 0.3) is 0 Å². The van der Waals surface area contributed by atoms with Gasteiger partial charge in [0.05, 0.1) is 16.1 Å². The van der Waals surface area contributed by atoms with E-state index < -0.39 is 67.3 Å². The van der Waals surface area contributed by atoms with Gasteiger partial charge in [-0.3, -0.25) is 4.79 Å². The quantitative estimate of drug-likeness (QED) is 0.236. The van der Waals surface area contributed by atoms with Crippen LogP contribution in [-0.2, 0) is 26.1 Å². The molecule has 0 aromatic heterocycles. The zero-order valence-electron chi connectivity index (χ0n) is 17.0. The third kappa shape index (κ3) is 5.46. The van der Waals surface area contributed by atoms with Gasteiger partial charge >= 0.3 is 5.97 Å². The second-order valence-corrected chi connectivity index (χ2v) is 10.2. The van der Waals surface area contributed by atoms with Crippen molar-refractivity contribution in [3.8, 4) is 6.07 Å². The molecular weight excluding hydrogens is 520 g/mol. The molecule has 0 saturated carbocycles. The lowest BCUT2D eigenvalue weighted by atomic mass is 10.1. The average molecular weight is 537 g/mol. The lowest BCUT2D eigenvalue weighted by molar-refractivity contribution is -0.155. The number of carbonyl (C=O) groups is 1. The van der Waals surface area contributed by atoms with Gasteiger partial charge in [-0.1, -0.05) is 18.2 Å². The highest BCUT2D eigenvalue weighted by molar-refractivity contribution is 9.10. The van der Waals surface area contributed by atoms with Crippen molar-refractivity contribution in [1.82, 2.24) is 4.31 Å². The van der Waals surface area contributed by atoms with Crippen molar-refractivity contribution in [2.45, 2.75) is 37.8 Å². The van der Waals surface area contributed by atoms with E-state index in [1.54, 1.807) is 0 Å². The van der Waals surface area contributed by atoms with Gasteiger partial charge < -0.3 is 4.74 Å². The first-order chi connectivity index (χ1) is 14.7. The molecule has 0 amide bonds. The molecule has 0 N–H and O–H groups in total. The molecule has 0 saturated heterocycles. The molecule has 12 heteroatoms. The number of sulfonamides is 1. The molecule has 6 nitrogen and oxygen atoms in total. The molecule has 0 heterocycles. The molecule has 0 aliphatic carbocycles. The summed E-state index contributed by atoms with van der Waals surface area (Å²) < 4.78 is 86.5. The Morgan fingerprint density at radius 1 is 1.09 bits per heavy atom. The zero-order valence-corrected chi connectivity index (χ0v) is 19.5. The number of rotatable bonds is 6. The minimum atomic E-state index is -5.14. The maximum Gasteiger partial charge on any atom is 0.321 e. The molecule has 0 fully saturated rings. The van der Waals surface area contributed by atoms with E-state index in [9.17, 15) is 36.0 Å². The Bertz CT molecular complexity index is 1180. The predicted octanol–water partition coefficient (Wildman–Crippen LogP) is 4.41. The predicted molar refractivity (Wildman–Crippen MR) is 109 cm³/mol. The van der Waals surface area contributed by atoms with Gasteiger partial charge in [-0.25, -0.2) is 26.0 Å². The van der Waals surface area contributed by atoms with Crippen molar-refractivity contribution in [2.75, 3.05) is 6.54 Å². The van der Waals surface area contributed by atoms with E-state index in [0.29, 0.717) is 4.31 Å². The Morgan fingerprint density at radius 3 is 2.22 bits per heavy atom. The van der Waals surface area contributed by atoms with E-state index in [0.717, 1.165) is 0 Å². The van der Waals surface area contributed by atoms with Crippen molar-refractivity contribution in [3.05, 3.63) is 63.1 Å². The highest BCUT2D eigenvalue weighted by Gasteiger charge is 2.37. The third-order valence-electron chi connectivity index (χ3n) is 3.98. The number of nitriles is 1. The third-order valence-corrected chi connectivity index (χ3v) is 6.82. The Hall–Kier alpha value is -2.49.